The molecule has 2 aromatic heterocycles. The van der Waals surface area contributed by atoms with E-state index in [-0.39, 0.29) is 11.3 Å². The summed E-state index contributed by atoms with van der Waals surface area (Å²) in [6, 6.07) is 5.38. The maximum absolute atomic E-state index is 15.1. The molecule has 1 aromatic carbocycles. The molecule has 4 atom stereocenters. The maximum atomic E-state index is 15.1. The molecule has 5 rings (SSSR count). The second kappa shape index (κ2) is 6.35. The Hall–Kier alpha value is -2.80. The van der Waals surface area contributed by atoms with Gasteiger partial charge in [-0.3, -0.25) is 4.98 Å². The highest BCUT2D eigenvalue weighted by Crippen LogP contribution is 2.44. The number of hydrogen-bond donors (Lipinski definition) is 2. The number of piperidine rings is 1. The smallest absolute Gasteiger partial charge is 0.232 e. The molecule has 150 valence electrons. The molecule has 0 aliphatic carbocycles. The van der Waals surface area contributed by atoms with Crippen LogP contribution in [0.4, 0.5) is 4.39 Å². The highest BCUT2D eigenvalue weighted by atomic mass is 19.1. The number of nitrogens with one attached hydrogen (secondary N) is 1. The largest absolute Gasteiger partial charge is 0.507 e. The zero-order valence-corrected chi connectivity index (χ0v) is 16.4. The van der Waals surface area contributed by atoms with Gasteiger partial charge in [0.1, 0.15) is 11.9 Å². The predicted molar refractivity (Wildman–Crippen MR) is 108 cm³/mol. The number of halogens is 1. The monoisotopic (exact) mass is 394 g/mol. The van der Waals surface area contributed by atoms with Gasteiger partial charge in [0.15, 0.2) is 6.17 Å². The molecule has 0 spiro atoms. The summed E-state index contributed by atoms with van der Waals surface area (Å²) in [5.74, 6) is 0.396. The van der Waals surface area contributed by atoms with Crippen molar-refractivity contribution >= 4 is 10.8 Å². The van der Waals surface area contributed by atoms with Crippen molar-refractivity contribution in [2.45, 2.75) is 56.5 Å². The van der Waals surface area contributed by atoms with Gasteiger partial charge < -0.3 is 15.2 Å². The van der Waals surface area contributed by atoms with Crippen molar-refractivity contribution in [2.75, 3.05) is 0 Å². The number of benzene rings is 1. The number of nitrogens with zero attached hydrogens (tertiary/aromatic N) is 3. The van der Waals surface area contributed by atoms with Crippen LogP contribution in [0, 0.1) is 0 Å². The first kappa shape index (κ1) is 18.2. The number of phenolic OH excluding ortho intramolecular Hbond substituents is 1. The van der Waals surface area contributed by atoms with Crippen molar-refractivity contribution in [3.8, 4) is 22.9 Å². The van der Waals surface area contributed by atoms with Crippen LogP contribution in [0.15, 0.2) is 43.0 Å². The van der Waals surface area contributed by atoms with E-state index in [1.807, 2.05) is 19.1 Å². The van der Waals surface area contributed by atoms with Crippen molar-refractivity contribution < 1.29 is 14.2 Å². The van der Waals surface area contributed by atoms with E-state index in [1.54, 1.807) is 24.7 Å². The average molecular weight is 394 g/mol. The number of aromatic nitrogens is 3. The minimum absolute atomic E-state index is 0.105. The van der Waals surface area contributed by atoms with Gasteiger partial charge >= 0.3 is 0 Å². The zero-order chi connectivity index (χ0) is 20.2. The third kappa shape index (κ3) is 3.09. The molecule has 4 heterocycles. The molecule has 0 radical (unpaired) electrons. The highest BCUT2D eigenvalue weighted by Gasteiger charge is 2.56. The van der Waals surface area contributed by atoms with Gasteiger partial charge in [-0.25, -0.2) is 14.4 Å². The molecular formula is C22H23FN4O2. The van der Waals surface area contributed by atoms with E-state index in [2.05, 4.69) is 27.2 Å². The SMILES string of the molecule is C[C@@]12CC[C@@](C)(N1)[C@H](F)[C@@H](Oc1cnc(-c3cc4ccncc4cc3O)cn1)C2. The molecule has 0 saturated carbocycles. The molecule has 0 unspecified atom stereocenters. The minimum atomic E-state index is -1.11. The Morgan fingerprint density at radius 2 is 2.00 bits per heavy atom. The van der Waals surface area contributed by atoms with Crippen molar-refractivity contribution in [3.63, 3.8) is 0 Å². The quantitative estimate of drug-likeness (QED) is 0.704. The normalized spacial score (nSPS) is 31.1. The van der Waals surface area contributed by atoms with Gasteiger partial charge in [0, 0.05) is 35.3 Å². The van der Waals surface area contributed by atoms with Crippen LogP contribution >= 0.6 is 0 Å². The van der Waals surface area contributed by atoms with E-state index >= 15 is 4.39 Å². The Kier molecular flexibility index (Phi) is 4.00. The minimum Gasteiger partial charge on any atom is -0.507 e. The number of rotatable bonds is 3. The number of alkyl halides is 1. The molecule has 2 saturated heterocycles. The van der Waals surface area contributed by atoms with Crippen LogP contribution in [-0.4, -0.2) is 43.4 Å². The molecule has 29 heavy (non-hydrogen) atoms. The average Bonchev–Trinajstić information content (AvgIpc) is 2.98. The lowest BCUT2D eigenvalue weighted by atomic mass is 9.85. The van der Waals surface area contributed by atoms with Gasteiger partial charge in [0.25, 0.3) is 0 Å². The summed E-state index contributed by atoms with van der Waals surface area (Å²) in [6.45, 7) is 4.04. The van der Waals surface area contributed by atoms with E-state index in [4.69, 9.17) is 4.74 Å². The summed E-state index contributed by atoms with van der Waals surface area (Å²) in [6.07, 6.45) is 7.09. The molecule has 2 bridgehead atoms. The lowest BCUT2D eigenvalue weighted by Gasteiger charge is -2.43. The lowest BCUT2D eigenvalue weighted by Crippen LogP contribution is -2.63. The number of phenols is 1. The number of aromatic hydroxyl groups is 1. The first-order chi connectivity index (χ1) is 13.9. The van der Waals surface area contributed by atoms with Crippen molar-refractivity contribution in [3.05, 3.63) is 43.0 Å². The van der Waals surface area contributed by atoms with Crippen LogP contribution < -0.4 is 10.1 Å². The molecule has 7 heteroatoms. The molecule has 6 nitrogen and oxygen atoms in total. The number of ether oxygens (including phenoxy) is 1. The van der Waals surface area contributed by atoms with E-state index in [0.29, 0.717) is 23.6 Å². The summed E-state index contributed by atoms with van der Waals surface area (Å²) in [5.41, 5.74) is 0.429. The van der Waals surface area contributed by atoms with E-state index in [1.165, 1.54) is 6.20 Å². The Morgan fingerprint density at radius 3 is 2.79 bits per heavy atom. The summed E-state index contributed by atoms with van der Waals surface area (Å²) in [5, 5.41) is 15.6. The fraction of sp³-hybridized carbons (Fsp3) is 0.409. The summed E-state index contributed by atoms with van der Waals surface area (Å²) < 4.78 is 21.0. The fourth-order valence-electron chi connectivity index (χ4n) is 4.77. The Labute approximate surface area is 168 Å². The molecule has 3 aromatic rings. The first-order valence-corrected chi connectivity index (χ1v) is 9.85. The standard InChI is InChI=1S/C22H23FN4O2/c1-21-4-5-22(2,27-21)20(23)18(9-21)29-19-12-25-16(11-26-19)15-7-13-3-6-24-10-14(13)8-17(15)28/h3,6-8,10-12,18,20,27-28H,4-5,9H2,1-2H3/t18-,20+,21-,22+/m0/s1. The summed E-state index contributed by atoms with van der Waals surface area (Å²) in [4.78, 5) is 12.8. The second-order valence-electron chi connectivity index (χ2n) is 8.70. The van der Waals surface area contributed by atoms with E-state index in [0.717, 1.165) is 23.6 Å². The van der Waals surface area contributed by atoms with Crippen molar-refractivity contribution in [1.29, 1.82) is 0 Å². The van der Waals surface area contributed by atoms with Gasteiger partial charge in [-0.1, -0.05) is 0 Å². The van der Waals surface area contributed by atoms with E-state index in [9.17, 15) is 5.11 Å². The molecule has 2 fully saturated rings. The van der Waals surface area contributed by atoms with Crippen molar-refractivity contribution in [1.82, 2.24) is 20.3 Å². The molecule has 2 aliphatic rings. The third-order valence-corrected chi connectivity index (χ3v) is 6.30. The van der Waals surface area contributed by atoms with E-state index < -0.39 is 17.8 Å². The van der Waals surface area contributed by atoms with Crippen LogP contribution in [0.25, 0.3) is 22.0 Å². The number of fused-ring (bicyclic) bond motifs is 3. The van der Waals surface area contributed by atoms with Gasteiger partial charge in [-0.05, 0) is 50.3 Å². The van der Waals surface area contributed by atoms with Gasteiger partial charge in [0.2, 0.25) is 5.88 Å². The zero-order valence-electron chi connectivity index (χ0n) is 16.4. The molecule has 0 amide bonds. The van der Waals surface area contributed by atoms with Gasteiger partial charge in [-0.15, -0.1) is 0 Å². The third-order valence-electron chi connectivity index (χ3n) is 6.30. The Balaban J connectivity index is 1.39. The first-order valence-electron chi connectivity index (χ1n) is 9.85. The highest BCUT2D eigenvalue weighted by molar-refractivity contribution is 5.89. The van der Waals surface area contributed by atoms with Crippen LogP contribution in [0.1, 0.15) is 33.1 Å². The maximum Gasteiger partial charge on any atom is 0.232 e. The lowest BCUT2D eigenvalue weighted by molar-refractivity contribution is -0.00927. The van der Waals surface area contributed by atoms with Crippen LogP contribution in [-0.2, 0) is 0 Å². The second-order valence-corrected chi connectivity index (χ2v) is 8.70. The topological polar surface area (TPSA) is 80.2 Å². The van der Waals surface area contributed by atoms with Crippen LogP contribution in [0.5, 0.6) is 11.6 Å². The number of pyridine rings is 1. The Morgan fingerprint density at radius 1 is 1.14 bits per heavy atom. The Bertz CT molecular complexity index is 1080. The molecule has 2 N–H and O–H groups in total. The van der Waals surface area contributed by atoms with Crippen LogP contribution in [0.3, 0.4) is 0 Å². The summed E-state index contributed by atoms with van der Waals surface area (Å²) in [7, 11) is 0. The fourth-order valence-corrected chi connectivity index (χ4v) is 4.77. The van der Waals surface area contributed by atoms with Gasteiger partial charge in [0.05, 0.1) is 23.6 Å². The van der Waals surface area contributed by atoms with Crippen LogP contribution in [0.2, 0.25) is 0 Å². The molecule has 2 aliphatic heterocycles. The predicted octanol–water partition coefficient (Wildman–Crippen LogP) is 3.79. The molecular weight excluding hydrogens is 371 g/mol. The van der Waals surface area contributed by atoms with Gasteiger partial charge in [-0.2, -0.15) is 0 Å². The summed E-state index contributed by atoms with van der Waals surface area (Å²) >= 11 is 0. The van der Waals surface area contributed by atoms with Crippen molar-refractivity contribution in [2.24, 2.45) is 0 Å². The number of hydrogen-bond acceptors (Lipinski definition) is 6.